The summed E-state index contributed by atoms with van der Waals surface area (Å²) in [5.74, 6) is 0.520. The van der Waals surface area contributed by atoms with Crippen molar-refractivity contribution < 1.29 is 17.9 Å². The molecule has 2 aromatic carbocycles. The highest BCUT2D eigenvalue weighted by Crippen LogP contribution is 2.29. The van der Waals surface area contributed by atoms with E-state index in [1.54, 1.807) is 12.1 Å². The van der Waals surface area contributed by atoms with E-state index in [0.717, 1.165) is 18.4 Å². The molecule has 6 nitrogen and oxygen atoms in total. The first-order valence-corrected chi connectivity index (χ1v) is 11.3. The van der Waals surface area contributed by atoms with E-state index >= 15 is 0 Å². The van der Waals surface area contributed by atoms with E-state index in [1.165, 1.54) is 29.6 Å². The lowest BCUT2D eigenvalue weighted by atomic mass is 10.0. The molecule has 1 saturated heterocycles. The molecule has 0 saturated carbocycles. The molecule has 0 radical (unpaired) electrons. The smallest absolute Gasteiger partial charge is 0.257 e. The van der Waals surface area contributed by atoms with Gasteiger partial charge in [-0.25, -0.2) is 8.42 Å². The molecule has 1 fully saturated rings. The molecule has 1 N–H and O–H groups in total. The Morgan fingerprint density at radius 3 is 2.52 bits per heavy atom. The van der Waals surface area contributed by atoms with Crippen molar-refractivity contribution in [1.82, 2.24) is 4.31 Å². The lowest BCUT2D eigenvalue weighted by Gasteiger charge is -2.29. The molecular weight excluding hydrogens is 412 g/mol. The van der Waals surface area contributed by atoms with Gasteiger partial charge < -0.3 is 10.1 Å². The number of carbonyl (C=O) groups excluding carboxylic acids is 1. The van der Waals surface area contributed by atoms with Crippen LogP contribution in [0.15, 0.2) is 41.3 Å². The maximum atomic E-state index is 13.0. The van der Waals surface area contributed by atoms with Gasteiger partial charge in [0.25, 0.3) is 5.91 Å². The standard InChI is InChI=1S/C21H25ClN2O4S/c1-14-8-10-24(11-9-14)29(26,27)16-5-6-18(22)17(13-16)21(25)23-19-12-15(2)4-7-20(19)28-3/h4-7,12-14H,8-11H2,1-3H3,(H,23,25). The predicted octanol–water partition coefficient (Wildman–Crippen LogP) is 4.33. The van der Waals surface area contributed by atoms with Gasteiger partial charge in [-0.1, -0.05) is 24.6 Å². The molecule has 0 bridgehead atoms. The molecular formula is C21H25ClN2O4S. The Hall–Kier alpha value is -2.09. The summed E-state index contributed by atoms with van der Waals surface area (Å²) < 4.78 is 32.8. The summed E-state index contributed by atoms with van der Waals surface area (Å²) >= 11 is 6.22. The van der Waals surface area contributed by atoms with E-state index in [1.807, 2.05) is 13.0 Å². The minimum atomic E-state index is -3.68. The number of rotatable bonds is 5. The van der Waals surface area contributed by atoms with Crippen LogP contribution in [0, 0.1) is 12.8 Å². The van der Waals surface area contributed by atoms with Crippen molar-refractivity contribution in [3.8, 4) is 5.75 Å². The molecule has 1 aliphatic rings. The molecule has 1 amide bonds. The Kier molecular flexibility index (Phi) is 6.51. The highest BCUT2D eigenvalue weighted by Gasteiger charge is 2.29. The lowest BCUT2D eigenvalue weighted by Crippen LogP contribution is -2.37. The van der Waals surface area contributed by atoms with Gasteiger partial charge in [0, 0.05) is 13.1 Å². The van der Waals surface area contributed by atoms with Gasteiger partial charge in [-0.2, -0.15) is 4.31 Å². The number of nitrogens with one attached hydrogen (secondary N) is 1. The topological polar surface area (TPSA) is 75.7 Å². The number of ether oxygens (including phenoxy) is 1. The van der Waals surface area contributed by atoms with Crippen molar-refractivity contribution >= 4 is 33.2 Å². The fourth-order valence-corrected chi connectivity index (χ4v) is 5.02. The zero-order valence-corrected chi connectivity index (χ0v) is 18.3. The Bertz CT molecular complexity index is 1020. The first-order valence-electron chi connectivity index (χ1n) is 9.48. The third-order valence-electron chi connectivity index (χ3n) is 5.17. The van der Waals surface area contributed by atoms with E-state index in [9.17, 15) is 13.2 Å². The summed E-state index contributed by atoms with van der Waals surface area (Å²) in [5.41, 5.74) is 1.54. The molecule has 8 heteroatoms. The number of amides is 1. The van der Waals surface area contributed by atoms with E-state index < -0.39 is 15.9 Å². The average molecular weight is 437 g/mol. The van der Waals surface area contributed by atoms with Crippen LogP contribution < -0.4 is 10.1 Å². The van der Waals surface area contributed by atoms with Gasteiger partial charge in [0.2, 0.25) is 10.0 Å². The number of nitrogens with zero attached hydrogens (tertiary/aromatic N) is 1. The quantitative estimate of drug-likeness (QED) is 0.756. The molecule has 2 aromatic rings. The van der Waals surface area contributed by atoms with Crippen LogP contribution in [0.2, 0.25) is 5.02 Å². The van der Waals surface area contributed by atoms with E-state index in [0.29, 0.717) is 30.4 Å². The van der Waals surface area contributed by atoms with Crippen molar-refractivity contribution in [3.05, 3.63) is 52.5 Å². The first-order chi connectivity index (χ1) is 13.7. The van der Waals surface area contributed by atoms with Gasteiger partial charge in [0.15, 0.2) is 0 Å². The summed E-state index contributed by atoms with van der Waals surface area (Å²) in [6.45, 7) is 4.98. The van der Waals surface area contributed by atoms with Gasteiger partial charge in [0.05, 0.1) is 28.3 Å². The number of benzene rings is 2. The van der Waals surface area contributed by atoms with Crippen LogP contribution in [-0.4, -0.2) is 38.8 Å². The van der Waals surface area contributed by atoms with Gasteiger partial charge in [0.1, 0.15) is 5.75 Å². The molecule has 0 unspecified atom stereocenters. The minimum Gasteiger partial charge on any atom is -0.495 e. The molecule has 3 rings (SSSR count). The minimum absolute atomic E-state index is 0.0674. The number of anilines is 1. The first kappa shape index (κ1) is 21.6. The maximum absolute atomic E-state index is 13.0. The average Bonchev–Trinajstić information content (AvgIpc) is 2.68. The van der Waals surface area contributed by atoms with Crippen molar-refractivity contribution in [2.75, 3.05) is 25.5 Å². The number of sulfonamides is 1. The van der Waals surface area contributed by atoms with E-state index in [2.05, 4.69) is 12.2 Å². The van der Waals surface area contributed by atoms with Crippen molar-refractivity contribution in [2.24, 2.45) is 5.92 Å². The Balaban J connectivity index is 1.89. The number of hydrogen-bond donors (Lipinski definition) is 1. The van der Waals surface area contributed by atoms with Crippen LogP contribution in [-0.2, 0) is 10.0 Å². The second-order valence-electron chi connectivity index (χ2n) is 7.39. The predicted molar refractivity (Wildman–Crippen MR) is 114 cm³/mol. The molecule has 1 heterocycles. The number of hydrogen-bond acceptors (Lipinski definition) is 4. The largest absolute Gasteiger partial charge is 0.495 e. The summed E-state index contributed by atoms with van der Waals surface area (Å²) in [6.07, 6.45) is 1.65. The number of halogens is 1. The molecule has 156 valence electrons. The normalized spacial score (nSPS) is 15.9. The number of methoxy groups -OCH3 is 1. The van der Waals surface area contributed by atoms with Gasteiger partial charge in [-0.05, 0) is 61.6 Å². The second kappa shape index (κ2) is 8.73. The zero-order chi connectivity index (χ0) is 21.2. The van der Waals surface area contributed by atoms with Crippen LogP contribution in [0.4, 0.5) is 5.69 Å². The van der Waals surface area contributed by atoms with Crippen LogP contribution in [0.25, 0.3) is 0 Å². The van der Waals surface area contributed by atoms with Crippen molar-refractivity contribution in [3.63, 3.8) is 0 Å². The van der Waals surface area contributed by atoms with Crippen molar-refractivity contribution in [1.29, 1.82) is 0 Å². The fraction of sp³-hybridized carbons (Fsp3) is 0.381. The van der Waals surface area contributed by atoms with Gasteiger partial charge >= 0.3 is 0 Å². The van der Waals surface area contributed by atoms with Crippen LogP contribution in [0.3, 0.4) is 0 Å². The third kappa shape index (κ3) is 4.74. The Morgan fingerprint density at radius 1 is 1.17 bits per heavy atom. The van der Waals surface area contributed by atoms with Crippen LogP contribution in [0.1, 0.15) is 35.7 Å². The molecule has 0 spiro atoms. The third-order valence-corrected chi connectivity index (χ3v) is 7.39. The SMILES string of the molecule is COc1ccc(C)cc1NC(=O)c1cc(S(=O)(=O)N2CCC(C)CC2)ccc1Cl. The number of aryl methyl sites for hydroxylation is 1. The Morgan fingerprint density at radius 2 is 1.86 bits per heavy atom. The maximum Gasteiger partial charge on any atom is 0.257 e. The highest BCUT2D eigenvalue weighted by atomic mass is 35.5. The summed E-state index contributed by atoms with van der Waals surface area (Å²) in [5, 5.41) is 2.95. The van der Waals surface area contributed by atoms with Crippen LogP contribution >= 0.6 is 11.6 Å². The Labute approximate surface area is 176 Å². The highest BCUT2D eigenvalue weighted by molar-refractivity contribution is 7.89. The van der Waals surface area contributed by atoms with Crippen molar-refractivity contribution in [2.45, 2.75) is 31.6 Å². The number of carbonyl (C=O) groups is 1. The van der Waals surface area contributed by atoms with E-state index in [4.69, 9.17) is 16.3 Å². The molecule has 0 atom stereocenters. The summed E-state index contributed by atoms with van der Waals surface area (Å²) in [6, 6.07) is 9.63. The zero-order valence-electron chi connectivity index (χ0n) is 16.7. The van der Waals surface area contributed by atoms with E-state index in [-0.39, 0.29) is 15.5 Å². The lowest BCUT2D eigenvalue weighted by molar-refractivity contribution is 0.102. The number of piperidine rings is 1. The second-order valence-corrected chi connectivity index (χ2v) is 9.73. The van der Waals surface area contributed by atoms with Gasteiger partial charge in [-0.15, -0.1) is 0 Å². The molecule has 29 heavy (non-hydrogen) atoms. The molecule has 1 aliphatic heterocycles. The molecule has 0 aliphatic carbocycles. The summed E-state index contributed by atoms with van der Waals surface area (Å²) in [4.78, 5) is 12.9. The van der Waals surface area contributed by atoms with Crippen LogP contribution in [0.5, 0.6) is 5.75 Å². The molecule has 0 aromatic heterocycles. The summed E-state index contributed by atoms with van der Waals surface area (Å²) in [7, 11) is -2.17. The fourth-order valence-electron chi connectivity index (χ4n) is 3.32. The van der Waals surface area contributed by atoms with Gasteiger partial charge in [-0.3, -0.25) is 4.79 Å². The monoisotopic (exact) mass is 436 g/mol.